The standard InChI is InChI=1S/C17H32N2S/c1-14(2)10-18-12-17(5,6)13-19(15(3)4)11-16-8-7-9-20-16/h7-9,14-15,18H,10-13H2,1-6H3. The van der Waals surface area contributed by atoms with Gasteiger partial charge in [-0.1, -0.05) is 33.8 Å². The van der Waals surface area contributed by atoms with Crippen molar-refractivity contribution in [1.82, 2.24) is 10.2 Å². The smallest absolute Gasteiger partial charge is 0.0330 e. The highest BCUT2D eigenvalue weighted by Crippen LogP contribution is 2.21. The summed E-state index contributed by atoms with van der Waals surface area (Å²) in [6, 6.07) is 4.97. The maximum absolute atomic E-state index is 3.60. The van der Waals surface area contributed by atoms with Crippen LogP contribution in [0.2, 0.25) is 0 Å². The third-order valence-electron chi connectivity index (χ3n) is 3.46. The van der Waals surface area contributed by atoms with Crippen LogP contribution in [0.3, 0.4) is 0 Å². The minimum absolute atomic E-state index is 0.302. The molecule has 1 heterocycles. The quantitative estimate of drug-likeness (QED) is 0.733. The number of hydrogen-bond acceptors (Lipinski definition) is 3. The van der Waals surface area contributed by atoms with E-state index in [-0.39, 0.29) is 0 Å². The van der Waals surface area contributed by atoms with E-state index in [2.05, 4.69) is 69.3 Å². The van der Waals surface area contributed by atoms with Gasteiger partial charge in [-0.2, -0.15) is 0 Å². The lowest BCUT2D eigenvalue weighted by Gasteiger charge is -2.35. The number of nitrogens with zero attached hydrogens (tertiary/aromatic N) is 1. The van der Waals surface area contributed by atoms with Crippen molar-refractivity contribution in [2.75, 3.05) is 19.6 Å². The predicted octanol–water partition coefficient (Wildman–Crippen LogP) is 4.23. The second kappa shape index (κ2) is 8.16. The summed E-state index contributed by atoms with van der Waals surface area (Å²) in [5.74, 6) is 0.720. The topological polar surface area (TPSA) is 15.3 Å². The second-order valence-electron chi connectivity index (χ2n) is 7.27. The van der Waals surface area contributed by atoms with Gasteiger partial charge < -0.3 is 5.32 Å². The second-order valence-corrected chi connectivity index (χ2v) is 8.30. The number of nitrogens with one attached hydrogen (secondary N) is 1. The summed E-state index contributed by atoms with van der Waals surface area (Å²) in [6.45, 7) is 18.2. The van der Waals surface area contributed by atoms with Crippen molar-refractivity contribution < 1.29 is 0 Å². The fourth-order valence-electron chi connectivity index (χ4n) is 2.33. The molecule has 1 N–H and O–H groups in total. The molecule has 0 saturated carbocycles. The third kappa shape index (κ3) is 6.87. The number of rotatable bonds is 9. The van der Waals surface area contributed by atoms with Crippen molar-refractivity contribution in [1.29, 1.82) is 0 Å². The lowest BCUT2D eigenvalue weighted by Crippen LogP contribution is -2.43. The van der Waals surface area contributed by atoms with Crippen LogP contribution in [0, 0.1) is 11.3 Å². The van der Waals surface area contributed by atoms with Crippen molar-refractivity contribution in [3.63, 3.8) is 0 Å². The molecule has 1 aromatic heterocycles. The van der Waals surface area contributed by atoms with Crippen LogP contribution in [-0.2, 0) is 6.54 Å². The maximum atomic E-state index is 3.60. The minimum Gasteiger partial charge on any atom is -0.316 e. The molecule has 0 amide bonds. The van der Waals surface area contributed by atoms with E-state index >= 15 is 0 Å². The Hall–Kier alpha value is -0.380. The summed E-state index contributed by atoms with van der Waals surface area (Å²) >= 11 is 1.86. The van der Waals surface area contributed by atoms with Gasteiger partial charge in [0.05, 0.1) is 0 Å². The Morgan fingerprint density at radius 1 is 1.25 bits per heavy atom. The Bertz CT molecular complexity index is 355. The molecule has 0 aromatic carbocycles. The number of hydrogen-bond donors (Lipinski definition) is 1. The van der Waals surface area contributed by atoms with E-state index in [0.717, 1.165) is 32.1 Å². The van der Waals surface area contributed by atoms with Crippen LogP contribution in [0.15, 0.2) is 17.5 Å². The zero-order valence-electron chi connectivity index (χ0n) is 14.1. The van der Waals surface area contributed by atoms with Crippen LogP contribution in [0.5, 0.6) is 0 Å². The van der Waals surface area contributed by atoms with Crippen molar-refractivity contribution in [2.24, 2.45) is 11.3 Å². The summed E-state index contributed by atoms with van der Waals surface area (Å²) in [4.78, 5) is 4.05. The molecule has 0 atom stereocenters. The fourth-order valence-corrected chi connectivity index (χ4v) is 3.06. The fraction of sp³-hybridized carbons (Fsp3) is 0.765. The van der Waals surface area contributed by atoms with E-state index in [1.165, 1.54) is 4.88 Å². The predicted molar refractivity (Wildman–Crippen MR) is 91.4 cm³/mol. The first-order valence-corrected chi connectivity index (χ1v) is 8.65. The van der Waals surface area contributed by atoms with Gasteiger partial charge in [-0.3, -0.25) is 4.90 Å². The van der Waals surface area contributed by atoms with Gasteiger partial charge in [0.25, 0.3) is 0 Å². The molecule has 0 aliphatic heterocycles. The first-order valence-electron chi connectivity index (χ1n) is 7.77. The molecule has 116 valence electrons. The van der Waals surface area contributed by atoms with E-state index in [9.17, 15) is 0 Å². The zero-order chi connectivity index (χ0) is 15.2. The maximum Gasteiger partial charge on any atom is 0.0330 e. The lowest BCUT2D eigenvalue weighted by molar-refractivity contribution is 0.135. The van der Waals surface area contributed by atoms with Gasteiger partial charge in [0.2, 0.25) is 0 Å². The Kier molecular flexibility index (Phi) is 7.21. The molecular formula is C17H32N2S. The summed E-state index contributed by atoms with van der Waals surface area (Å²) in [6.07, 6.45) is 0. The molecule has 3 heteroatoms. The van der Waals surface area contributed by atoms with Crippen LogP contribution in [0.4, 0.5) is 0 Å². The van der Waals surface area contributed by atoms with Crippen molar-refractivity contribution in [3.05, 3.63) is 22.4 Å². The summed E-state index contributed by atoms with van der Waals surface area (Å²) in [5.41, 5.74) is 0.302. The Balaban J connectivity index is 2.50. The molecule has 0 aliphatic carbocycles. The molecule has 2 nitrogen and oxygen atoms in total. The Morgan fingerprint density at radius 3 is 2.45 bits per heavy atom. The van der Waals surface area contributed by atoms with Crippen LogP contribution < -0.4 is 5.32 Å². The molecule has 0 radical (unpaired) electrons. The van der Waals surface area contributed by atoms with Crippen LogP contribution in [-0.4, -0.2) is 30.6 Å². The van der Waals surface area contributed by atoms with Crippen molar-refractivity contribution in [2.45, 2.75) is 54.1 Å². The molecule has 1 aromatic rings. The van der Waals surface area contributed by atoms with E-state index in [0.29, 0.717) is 11.5 Å². The van der Waals surface area contributed by atoms with Gasteiger partial charge in [-0.25, -0.2) is 0 Å². The highest BCUT2D eigenvalue weighted by Gasteiger charge is 2.23. The van der Waals surface area contributed by atoms with E-state index in [1.807, 2.05) is 11.3 Å². The first kappa shape index (κ1) is 17.7. The molecule has 0 saturated heterocycles. The van der Waals surface area contributed by atoms with Crippen LogP contribution in [0.1, 0.15) is 46.4 Å². The molecule has 0 aliphatic rings. The van der Waals surface area contributed by atoms with Crippen molar-refractivity contribution >= 4 is 11.3 Å². The highest BCUT2D eigenvalue weighted by atomic mass is 32.1. The summed E-state index contributed by atoms with van der Waals surface area (Å²) in [5, 5.41) is 5.77. The van der Waals surface area contributed by atoms with E-state index in [4.69, 9.17) is 0 Å². The molecule has 0 spiro atoms. The molecule has 0 unspecified atom stereocenters. The minimum atomic E-state index is 0.302. The molecule has 0 fully saturated rings. The van der Waals surface area contributed by atoms with Gasteiger partial charge in [0.15, 0.2) is 0 Å². The van der Waals surface area contributed by atoms with Crippen LogP contribution >= 0.6 is 11.3 Å². The highest BCUT2D eigenvalue weighted by molar-refractivity contribution is 7.09. The molecule has 0 bridgehead atoms. The number of thiophene rings is 1. The molecule has 20 heavy (non-hydrogen) atoms. The monoisotopic (exact) mass is 296 g/mol. The van der Waals surface area contributed by atoms with Gasteiger partial charge in [-0.15, -0.1) is 11.3 Å². The third-order valence-corrected chi connectivity index (χ3v) is 4.32. The zero-order valence-corrected chi connectivity index (χ0v) is 14.9. The Morgan fingerprint density at radius 2 is 1.95 bits per heavy atom. The van der Waals surface area contributed by atoms with Crippen LogP contribution in [0.25, 0.3) is 0 Å². The normalized spacial score (nSPS) is 12.8. The van der Waals surface area contributed by atoms with E-state index < -0.39 is 0 Å². The molecular weight excluding hydrogens is 264 g/mol. The lowest BCUT2D eigenvalue weighted by atomic mass is 9.91. The summed E-state index contributed by atoms with van der Waals surface area (Å²) < 4.78 is 0. The largest absolute Gasteiger partial charge is 0.316 e. The Labute approximate surface area is 129 Å². The summed E-state index contributed by atoms with van der Waals surface area (Å²) in [7, 11) is 0. The molecule has 1 rings (SSSR count). The van der Waals surface area contributed by atoms with Gasteiger partial charge in [0.1, 0.15) is 0 Å². The van der Waals surface area contributed by atoms with Gasteiger partial charge >= 0.3 is 0 Å². The average Bonchev–Trinajstić information content (AvgIpc) is 2.79. The van der Waals surface area contributed by atoms with Gasteiger partial charge in [-0.05, 0) is 43.2 Å². The van der Waals surface area contributed by atoms with Crippen molar-refractivity contribution in [3.8, 4) is 0 Å². The van der Waals surface area contributed by atoms with Gasteiger partial charge in [0, 0.05) is 30.6 Å². The first-order chi connectivity index (χ1) is 9.30. The average molecular weight is 297 g/mol. The SMILES string of the molecule is CC(C)CNCC(C)(C)CN(Cc1cccs1)C(C)C. The van der Waals surface area contributed by atoms with E-state index in [1.54, 1.807) is 0 Å².